The number of hydrogen-bond donors (Lipinski definition) is 0. The molecule has 11 aromatic rings. The van der Waals surface area contributed by atoms with Crippen molar-refractivity contribution in [1.82, 2.24) is 23.3 Å². The normalized spacial score (nSPS) is 11.9. The molecular weight excluding hydrogens is 836 g/mol. The second-order valence-electron chi connectivity index (χ2n) is 13.4. The molecule has 258 valence electrons. The van der Waals surface area contributed by atoms with E-state index in [9.17, 15) is 0 Å². The largest absolute Gasteiger partial charge is 0.510 e. The van der Waals surface area contributed by atoms with E-state index in [0.29, 0.717) is 11.5 Å². The molecule has 7 nitrogen and oxygen atoms in total. The number of pyridine rings is 1. The zero-order valence-electron chi connectivity index (χ0n) is 29.0. The number of rotatable bonds is 4. The van der Waals surface area contributed by atoms with Crippen molar-refractivity contribution in [2.75, 3.05) is 0 Å². The van der Waals surface area contributed by atoms with Gasteiger partial charge in [-0.15, -0.1) is 24.3 Å². The summed E-state index contributed by atoms with van der Waals surface area (Å²) in [5, 5.41) is 7.12. The van der Waals surface area contributed by atoms with Crippen LogP contribution in [0.25, 0.3) is 88.0 Å². The molecule has 8 heteroatoms. The van der Waals surface area contributed by atoms with Gasteiger partial charge in [0.1, 0.15) is 5.82 Å². The van der Waals surface area contributed by atoms with E-state index in [2.05, 4.69) is 119 Å². The van der Waals surface area contributed by atoms with Crippen LogP contribution in [-0.2, 0) is 42.2 Å². The first-order valence-electron chi connectivity index (χ1n) is 17.3. The van der Waals surface area contributed by atoms with Crippen LogP contribution < -0.4 is 9.30 Å². The van der Waals surface area contributed by atoms with E-state index in [1.54, 1.807) is 0 Å². The van der Waals surface area contributed by atoms with Crippen LogP contribution in [0, 0.1) is 18.5 Å². The van der Waals surface area contributed by atoms with Gasteiger partial charge in [-0.2, -0.15) is 18.2 Å². The zero-order valence-corrected chi connectivity index (χ0v) is 31.3. The zero-order chi connectivity index (χ0) is 34.7. The minimum Gasteiger partial charge on any atom is -0.510 e. The van der Waals surface area contributed by atoms with Crippen molar-refractivity contribution in [2.45, 2.75) is 0 Å². The van der Waals surface area contributed by atoms with Crippen molar-refractivity contribution >= 4 is 76.5 Å². The molecule has 0 aliphatic carbocycles. The van der Waals surface area contributed by atoms with E-state index in [4.69, 9.17) is 9.72 Å². The molecule has 0 fully saturated rings. The van der Waals surface area contributed by atoms with Crippen LogP contribution in [0.4, 0.5) is 0 Å². The van der Waals surface area contributed by atoms with E-state index < -0.39 is 0 Å². The van der Waals surface area contributed by atoms with Crippen LogP contribution >= 0.6 is 0 Å². The van der Waals surface area contributed by atoms with Gasteiger partial charge in [-0.05, 0) is 29.7 Å². The molecule has 0 aliphatic heterocycles. The van der Waals surface area contributed by atoms with Crippen molar-refractivity contribution in [2.24, 2.45) is 21.1 Å². The Kier molecular flexibility index (Phi) is 6.95. The molecule has 0 saturated carbocycles. The van der Waals surface area contributed by atoms with Crippen LogP contribution in [0.5, 0.6) is 11.5 Å². The number of fused-ring (bicyclic) bond motifs is 13. The number of aryl methyl sites for hydroxylation is 3. The predicted octanol–water partition coefficient (Wildman–Crippen LogP) is 9.43. The van der Waals surface area contributed by atoms with E-state index in [0.717, 1.165) is 44.3 Å². The molecule has 0 atom stereocenters. The molecule has 0 unspecified atom stereocenters. The SMILES string of the molecule is Cn1[c-][n+](-c2[c-]c(Oc3[c-]c4c(cc3)c3c5c(c6ccccc6n5C)c5c(c6ccccc6n5C)c3n4-c3ccccn3)ccc2)c2ccccc21.[Pt]. The molecule has 0 aliphatic rings. The first kappa shape index (κ1) is 31.6. The third kappa shape index (κ3) is 4.38. The quantitative estimate of drug-likeness (QED) is 0.131. The number of nitrogens with zero attached hydrogens (tertiary/aromatic N) is 6. The van der Waals surface area contributed by atoms with Gasteiger partial charge in [-0.25, -0.2) is 4.98 Å². The van der Waals surface area contributed by atoms with Gasteiger partial charge < -0.3 is 27.6 Å². The summed E-state index contributed by atoms with van der Waals surface area (Å²) in [7, 11) is 6.36. The predicted molar refractivity (Wildman–Crippen MR) is 208 cm³/mol. The van der Waals surface area contributed by atoms with E-state index >= 15 is 0 Å². The van der Waals surface area contributed by atoms with Crippen molar-refractivity contribution in [1.29, 1.82) is 0 Å². The van der Waals surface area contributed by atoms with Crippen molar-refractivity contribution in [3.63, 3.8) is 0 Å². The second kappa shape index (κ2) is 11.7. The summed E-state index contributed by atoms with van der Waals surface area (Å²) in [6.07, 6.45) is 5.26. The van der Waals surface area contributed by atoms with Gasteiger partial charge in [0.05, 0.1) is 29.1 Å². The maximum Gasteiger partial charge on any atom is 0.242 e. The van der Waals surface area contributed by atoms with Crippen LogP contribution in [-0.4, -0.2) is 23.3 Å². The molecule has 6 aromatic carbocycles. The van der Waals surface area contributed by atoms with Gasteiger partial charge in [0.2, 0.25) is 6.33 Å². The molecular formula is C45H30N6OPt-2. The molecule has 0 saturated heterocycles. The molecule has 0 bridgehead atoms. The summed E-state index contributed by atoms with van der Waals surface area (Å²) < 4.78 is 17.6. The number of aromatic nitrogens is 6. The van der Waals surface area contributed by atoms with Gasteiger partial charge in [0, 0.05) is 91.0 Å². The third-order valence-corrected chi connectivity index (χ3v) is 10.6. The summed E-state index contributed by atoms with van der Waals surface area (Å²) in [4.78, 5) is 4.92. The van der Waals surface area contributed by atoms with Crippen molar-refractivity contribution < 1.29 is 30.4 Å². The Hall–Kier alpha value is -6.17. The minimum atomic E-state index is 0. The summed E-state index contributed by atoms with van der Waals surface area (Å²) >= 11 is 0. The molecule has 0 amide bonds. The molecule has 11 rings (SSSR count). The van der Waals surface area contributed by atoms with Crippen LogP contribution in [0.1, 0.15) is 0 Å². The summed E-state index contributed by atoms with van der Waals surface area (Å²) in [5.74, 6) is 2.00. The minimum absolute atomic E-state index is 0. The van der Waals surface area contributed by atoms with Gasteiger partial charge >= 0.3 is 0 Å². The average molecular weight is 866 g/mol. The van der Waals surface area contributed by atoms with Crippen molar-refractivity contribution in [3.8, 4) is 23.0 Å². The Morgan fingerprint density at radius 1 is 0.566 bits per heavy atom. The fraction of sp³-hybridized carbons (Fsp3) is 0.0667. The van der Waals surface area contributed by atoms with Gasteiger partial charge in [0.25, 0.3) is 0 Å². The Balaban J connectivity index is 0.00000349. The monoisotopic (exact) mass is 865 g/mol. The first-order valence-corrected chi connectivity index (χ1v) is 17.3. The molecule has 5 heterocycles. The molecule has 0 N–H and O–H groups in total. The Morgan fingerprint density at radius 3 is 1.91 bits per heavy atom. The number of ether oxygens (including phenoxy) is 1. The summed E-state index contributed by atoms with van der Waals surface area (Å²) in [5.41, 5.74) is 9.73. The molecule has 0 radical (unpaired) electrons. The van der Waals surface area contributed by atoms with Gasteiger partial charge in [-0.3, -0.25) is 0 Å². The number of hydrogen-bond acceptors (Lipinski definition) is 2. The number of imidazole rings is 1. The van der Waals surface area contributed by atoms with Crippen molar-refractivity contribution in [3.05, 3.63) is 146 Å². The maximum atomic E-state index is 6.59. The van der Waals surface area contributed by atoms with Gasteiger partial charge in [0.15, 0.2) is 0 Å². The number of benzene rings is 6. The third-order valence-electron chi connectivity index (χ3n) is 10.6. The molecule has 0 spiro atoms. The smallest absolute Gasteiger partial charge is 0.242 e. The van der Waals surface area contributed by atoms with Crippen LogP contribution in [0.2, 0.25) is 0 Å². The first-order chi connectivity index (χ1) is 25.6. The molecule has 53 heavy (non-hydrogen) atoms. The van der Waals surface area contributed by atoms with Gasteiger partial charge in [-0.1, -0.05) is 83.3 Å². The van der Waals surface area contributed by atoms with E-state index in [1.165, 1.54) is 43.6 Å². The van der Waals surface area contributed by atoms with Crippen LogP contribution in [0.15, 0.2) is 128 Å². The average Bonchev–Trinajstić information content (AvgIpc) is 3.89. The summed E-state index contributed by atoms with van der Waals surface area (Å²) in [6.45, 7) is 0. The fourth-order valence-electron chi connectivity index (χ4n) is 8.42. The standard InChI is InChI=1S/C45H30N6O.Pt/c1-47-27-50(37-20-9-8-19-36(37)47)28-13-12-14-29(25-28)52-30-22-23-33-38(26-30)51(39-21-10-11-24-46-39)45-41-32-16-5-7-18-35(32)49(3)43(41)40-31-15-4-6-17-34(31)48(2)44(40)42(33)45;/h4-24H,1-3H3;/q-2;. The van der Waals surface area contributed by atoms with E-state index in [1.807, 2.05) is 70.9 Å². The van der Waals surface area contributed by atoms with E-state index in [-0.39, 0.29) is 21.1 Å². The molecule has 5 aromatic heterocycles. The number of para-hydroxylation sites is 4. The Labute approximate surface area is 318 Å². The summed E-state index contributed by atoms with van der Waals surface area (Å²) in [6, 6.07) is 49.0. The fourth-order valence-corrected chi connectivity index (χ4v) is 8.42. The van der Waals surface area contributed by atoms with Crippen LogP contribution in [0.3, 0.4) is 0 Å². The topological polar surface area (TPSA) is 45.7 Å². The second-order valence-corrected chi connectivity index (χ2v) is 13.4. The Bertz CT molecular complexity index is 3260. The maximum absolute atomic E-state index is 6.59. The Morgan fingerprint density at radius 2 is 1.19 bits per heavy atom.